The zero-order valence-electron chi connectivity index (χ0n) is 19.8. The smallest absolute Gasteiger partial charge is 0.410 e. The first-order chi connectivity index (χ1) is 14.6. The Morgan fingerprint density at radius 3 is 2.39 bits per heavy atom. The Labute approximate surface area is 186 Å². The normalized spacial score (nSPS) is 20.0. The third-order valence-electron chi connectivity index (χ3n) is 6.10. The van der Waals surface area contributed by atoms with Crippen LogP contribution in [0.5, 0.6) is 5.75 Å². The fourth-order valence-electron chi connectivity index (χ4n) is 4.11. The van der Waals surface area contributed by atoms with Crippen molar-refractivity contribution < 1.29 is 23.8 Å². The van der Waals surface area contributed by atoms with Crippen molar-refractivity contribution in [3.05, 3.63) is 29.3 Å². The van der Waals surface area contributed by atoms with E-state index in [0.717, 1.165) is 11.3 Å². The van der Waals surface area contributed by atoms with Gasteiger partial charge in [0.25, 0.3) is 0 Å². The van der Waals surface area contributed by atoms with Crippen LogP contribution in [0.15, 0.2) is 18.2 Å². The predicted octanol–water partition coefficient (Wildman–Crippen LogP) is 5.46. The number of likely N-dealkylation sites (tertiary alicyclic amines) is 1. The average Bonchev–Trinajstić information content (AvgIpc) is 3.41. The number of benzene rings is 1. The summed E-state index contributed by atoms with van der Waals surface area (Å²) in [6.45, 7) is 12.7. The van der Waals surface area contributed by atoms with Crippen molar-refractivity contribution in [2.24, 2.45) is 11.8 Å². The largest absolute Gasteiger partial charge is 0.457 e. The van der Waals surface area contributed by atoms with Crippen LogP contribution in [0.2, 0.25) is 0 Å². The molecule has 0 spiro atoms. The quantitative estimate of drug-likeness (QED) is 0.424. The number of para-hydroxylation sites is 1. The zero-order chi connectivity index (χ0) is 22.8. The number of rotatable bonds is 7. The van der Waals surface area contributed by atoms with Gasteiger partial charge in [0.1, 0.15) is 11.4 Å². The van der Waals surface area contributed by atoms with Gasteiger partial charge in [-0.2, -0.15) is 0 Å². The molecule has 1 heterocycles. The summed E-state index contributed by atoms with van der Waals surface area (Å²) in [5.41, 5.74) is 1.78. The number of carbonyl (C=O) groups is 2. The molecule has 6 nitrogen and oxygen atoms in total. The SMILES string of the molecule is CC(C)c1cccc([C@H](C)C2CC2)c1OCOC(=O)C1CCN(C(=O)OC(C)(C)C)C1. The van der Waals surface area contributed by atoms with Crippen molar-refractivity contribution in [3.63, 3.8) is 0 Å². The van der Waals surface area contributed by atoms with E-state index >= 15 is 0 Å². The molecule has 1 saturated heterocycles. The van der Waals surface area contributed by atoms with Gasteiger partial charge in [0.05, 0.1) is 5.92 Å². The summed E-state index contributed by atoms with van der Waals surface area (Å²) in [6.07, 6.45) is 2.71. The van der Waals surface area contributed by atoms with Crippen LogP contribution in [0.3, 0.4) is 0 Å². The number of nitrogens with zero attached hydrogens (tertiary/aromatic N) is 1. The summed E-state index contributed by atoms with van der Waals surface area (Å²) >= 11 is 0. The van der Waals surface area contributed by atoms with Crippen LogP contribution in [-0.4, -0.2) is 42.4 Å². The van der Waals surface area contributed by atoms with E-state index < -0.39 is 5.60 Å². The monoisotopic (exact) mass is 431 g/mol. The molecular formula is C25H37NO5. The first-order valence-electron chi connectivity index (χ1n) is 11.5. The highest BCUT2D eigenvalue weighted by atomic mass is 16.7. The Balaban J connectivity index is 1.57. The number of esters is 1. The molecule has 1 aliphatic carbocycles. The fraction of sp³-hybridized carbons (Fsp3) is 0.680. The van der Waals surface area contributed by atoms with Gasteiger partial charge < -0.3 is 19.1 Å². The molecule has 2 aliphatic rings. The van der Waals surface area contributed by atoms with E-state index in [4.69, 9.17) is 14.2 Å². The standard InChI is InChI=1S/C25H37NO5/c1-16(2)20-8-7-9-21(17(3)18-10-11-18)22(20)29-15-30-23(27)19-12-13-26(14-19)24(28)31-25(4,5)6/h7-9,16-19H,10-15H2,1-6H3/t17-,19?/m1/s1. The Hall–Kier alpha value is -2.24. The fourth-order valence-corrected chi connectivity index (χ4v) is 4.11. The van der Waals surface area contributed by atoms with E-state index in [2.05, 4.69) is 39.0 Å². The first-order valence-corrected chi connectivity index (χ1v) is 11.5. The van der Waals surface area contributed by atoms with Gasteiger partial charge in [-0.25, -0.2) is 4.79 Å². The summed E-state index contributed by atoms with van der Waals surface area (Å²) in [4.78, 5) is 26.4. The molecule has 0 N–H and O–H groups in total. The number of carbonyl (C=O) groups excluding carboxylic acids is 2. The zero-order valence-corrected chi connectivity index (χ0v) is 19.8. The molecule has 1 unspecified atom stereocenters. The Morgan fingerprint density at radius 2 is 1.77 bits per heavy atom. The van der Waals surface area contributed by atoms with Gasteiger partial charge in [0.2, 0.25) is 6.79 Å². The van der Waals surface area contributed by atoms with Gasteiger partial charge >= 0.3 is 12.1 Å². The summed E-state index contributed by atoms with van der Waals surface area (Å²) < 4.78 is 16.9. The molecule has 1 aromatic rings. The van der Waals surface area contributed by atoms with E-state index in [1.54, 1.807) is 4.90 Å². The molecule has 0 radical (unpaired) electrons. The maximum atomic E-state index is 12.6. The molecule has 2 fully saturated rings. The summed E-state index contributed by atoms with van der Waals surface area (Å²) in [5.74, 6) is 1.64. The van der Waals surface area contributed by atoms with Crippen molar-refractivity contribution >= 4 is 12.1 Å². The third kappa shape index (κ3) is 6.14. The van der Waals surface area contributed by atoms with Crippen molar-refractivity contribution in [3.8, 4) is 5.75 Å². The highest BCUT2D eigenvalue weighted by molar-refractivity contribution is 5.75. The van der Waals surface area contributed by atoms with Crippen LogP contribution in [-0.2, 0) is 14.3 Å². The molecule has 2 atom stereocenters. The molecule has 31 heavy (non-hydrogen) atoms. The van der Waals surface area contributed by atoms with Gasteiger partial charge in [0.15, 0.2) is 0 Å². The molecule has 1 aliphatic heterocycles. The van der Waals surface area contributed by atoms with Crippen LogP contribution in [0.25, 0.3) is 0 Å². The van der Waals surface area contributed by atoms with Crippen molar-refractivity contribution in [1.82, 2.24) is 4.90 Å². The van der Waals surface area contributed by atoms with Crippen LogP contribution < -0.4 is 4.74 Å². The topological polar surface area (TPSA) is 65.1 Å². The van der Waals surface area contributed by atoms with Crippen LogP contribution in [0.1, 0.15) is 83.8 Å². The molecule has 1 amide bonds. The van der Waals surface area contributed by atoms with E-state index in [0.29, 0.717) is 37.3 Å². The molecule has 6 heteroatoms. The van der Waals surface area contributed by atoms with E-state index in [1.807, 2.05) is 20.8 Å². The molecule has 0 bridgehead atoms. The second-order valence-corrected chi connectivity index (χ2v) is 10.2. The molecule has 172 valence electrons. The predicted molar refractivity (Wildman–Crippen MR) is 119 cm³/mol. The maximum absolute atomic E-state index is 12.6. The Kier molecular flexibility index (Phi) is 7.17. The van der Waals surface area contributed by atoms with Gasteiger partial charge in [0, 0.05) is 13.1 Å². The van der Waals surface area contributed by atoms with Gasteiger partial charge in [-0.3, -0.25) is 4.79 Å². The first kappa shape index (κ1) is 23.4. The lowest BCUT2D eigenvalue weighted by Gasteiger charge is -2.24. The minimum absolute atomic E-state index is 0.115. The molecule has 1 saturated carbocycles. The van der Waals surface area contributed by atoms with Crippen LogP contribution in [0, 0.1) is 11.8 Å². The lowest BCUT2D eigenvalue weighted by molar-refractivity contribution is -0.154. The van der Waals surface area contributed by atoms with Gasteiger partial charge in [-0.05, 0) is 68.9 Å². The van der Waals surface area contributed by atoms with Crippen LogP contribution in [0.4, 0.5) is 4.79 Å². The molecule has 0 aromatic heterocycles. The summed E-state index contributed by atoms with van der Waals surface area (Å²) in [6, 6.07) is 6.30. The van der Waals surface area contributed by atoms with E-state index in [-0.39, 0.29) is 24.8 Å². The third-order valence-corrected chi connectivity index (χ3v) is 6.10. The van der Waals surface area contributed by atoms with Gasteiger partial charge in [-0.1, -0.05) is 39.0 Å². The number of amides is 1. The number of ether oxygens (including phenoxy) is 3. The molecular weight excluding hydrogens is 394 g/mol. The summed E-state index contributed by atoms with van der Waals surface area (Å²) in [7, 11) is 0. The minimum Gasteiger partial charge on any atom is -0.457 e. The Morgan fingerprint density at radius 1 is 1.10 bits per heavy atom. The summed E-state index contributed by atoms with van der Waals surface area (Å²) in [5, 5.41) is 0. The highest BCUT2D eigenvalue weighted by Gasteiger charge is 2.35. The van der Waals surface area contributed by atoms with E-state index in [9.17, 15) is 9.59 Å². The minimum atomic E-state index is -0.553. The lowest BCUT2D eigenvalue weighted by Crippen LogP contribution is -2.36. The average molecular weight is 432 g/mol. The van der Waals surface area contributed by atoms with Crippen LogP contribution >= 0.6 is 0 Å². The Bertz CT molecular complexity index is 794. The van der Waals surface area contributed by atoms with Crippen molar-refractivity contribution in [2.75, 3.05) is 19.9 Å². The highest BCUT2D eigenvalue weighted by Crippen LogP contribution is 2.46. The van der Waals surface area contributed by atoms with Gasteiger partial charge in [-0.15, -0.1) is 0 Å². The van der Waals surface area contributed by atoms with E-state index in [1.165, 1.54) is 18.4 Å². The second kappa shape index (κ2) is 9.49. The number of hydrogen-bond donors (Lipinski definition) is 0. The second-order valence-electron chi connectivity index (χ2n) is 10.2. The molecule has 1 aromatic carbocycles. The maximum Gasteiger partial charge on any atom is 0.410 e. The number of hydrogen-bond acceptors (Lipinski definition) is 5. The van der Waals surface area contributed by atoms with Crippen molar-refractivity contribution in [1.29, 1.82) is 0 Å². The molecule has 3 rings (SSSR count). The lowest BCUT2D eigenvalue weighted by atomic mass is 9.90. The van der Waals surface area contributed by atoms with Crippen molar-refractivity contribution in [2.45, 2.75) is 78.2 Å².